The normalized spacial score (nSPS) is 15.3. The standard InChI is InChI=1S/C16H25BrClN/c1-11(16(2,3)4)8-14(19-5)9-12-6-7-13(17)10-15(12)18/h6-7,10-11,14,19H,8-9H2,1-5H3. The van der Waals surface area contributed by atoms with Gasteiger partial charge in [0, 0.05) is 15.5 Å². The average molecular weight is 347 g/mol. The first-order valence-corrected chi connectivity index (χ1v) is 8.02. The van der Waals surface area contributed by atoms with Crippen molar-refractivity contribution < 1.29 is 0 Å². The molecule has 1 aromatic rings. The van der Waals surface area contributed by atoms with E-state index < -0.39 is 0 Å². The van der Waals surface area contributed by atoms with Gasteiger partial charge in [-0.3, -0.25) is 0 Å². The SMILES string of the molecule is CNC(Cc1ccc(Br)cc1Cl)CC(C)C(C)(C)C. The van der Waals surface area contributed by atoms with Crippen LogP contribution in [0.15, 0.2) is 22.7 Å². The number of nitrogens with one attached hydrogen (secondary N) is 1. The van der Waals surface area contributed by atoms with E-state index in [9.17, 15) is 0 Å². The van der Waals surface area contributed by atoms with Crippen molar-refractivity contribution in [1.82, 2.24) is 5.32 Å². The molecule has 1 rings (SSSR count). The fourth-order valence-corrected chi connectivity index (χ4v) is 2.79. The number of halogens is 2. The molecule has 0 spiro atoms. The minimum atomic E-state index is 0.346. The van der Waals surface area contributed by atoms with Gasteiger partial charge < -0.3 is 5.32 Å². The van der Waals surface area contributed by atoms with Gasteiger partial charge in [0.25, 0.3) is 0 Å². The summed E-state index contributed by atoms with van der Waals surface area (Å²) in [6.45, 7) is 9.23. The monoisotopic (exact) mass is 345 g/mol. The van der Waals surface area contributed by atoms with Crippen LogP contribution in [-0.4, -0.2) is 13.1 Å². The number of hydrogen-bond donors (Lipinski definition) is 1. The fourth-order valence-electron chi connectivity index (χ4n) is 2.04. The van der Waals surface area contributed by atoms with Gasteiger partial charge in [-0.25, -0.2) is 0 Å². The van der Waals surface area contributed by atoms with Gasteiger partial charge in [-0.1, -0.05) is 61.3 Å². The lowest BCUT2D eigenvalue weighted by atomic mass is 9.78. The summed E-state index contributed by atoms with van der Waals surface area (Å²) in [6.07, 6.45) is 2.13. The lowest BCUT2D eigenvalue weighted by Gasteiger charge is -2.31. The van der Waals surface area contributed by atoms with Gasteiger partial charge in [-0.05, 0) is 48.9 Å². The molecule has 0 saturated heterocycles. The zero-order chi connectivity index (χ0) is 14.6. The van der Waals surface area contributed by atoms with E-state index in [0.29, 0.717) is 17.4 Å². The van der Waals surface area contributed by atoms with Crippen molar-refractivity contribution >= 4 is 27.5 Å². The molecule has 2 unspecified atom stereocenters. The van der Waals surface area contributed by atoms with Crippen molar-refractivity contribution in [2.75, 3.05) is 7.05 Å². The summed E-state index contributed by atoms with van der Waals surface area (Å²) in [5.41, 5.74) is 1.56. The zero-order valence-electron chi connectivity index (χ0n) is 12.6. The maximum absolute atomic E-state index is 6.30. The number of rotatable bonds is 5. The van der Waals surface area contributed by atoms with Crippen LogP contribution in [0.3, 0.4) is 0 Å². The summed E-state index contributed by atoms with van der Waals surface area (Å²) < 4.78 is 1.03. The average Bonchev–Trinajstić information content (AvgIpc) is 2.30. The van der Waals surface area contributed by atoms with Crippen LogP contribution in [0.4, 0.5) is 0 Å². The van der Waals surface area contributed by atoms with E-state index >= 15 is 0 Å². The van der Waals surface area contributed by atoms with Crippen molar-refractivity contribution in [3.8, 4) is 0 Å². The number of likely N-dealkylation sites (N-methyl/N-ethyl adjacent to an activating group) is 1. The van der Waals surface area contributed by atoms with Crippen LogP contribution in [0.2, 0.25) is 5.02 Å². The summed E-state index contributed by atoms with van der Waals surface area (Å²) >= 11 is 9.75. The van der Waals surface area contributed by atoms with Gasteiger partial charge >= 0.3 is 0 Å². The van der Waals surface area contributed by atoms with Crippen LogP contribution in [0.5, 0.6) is 0 Å². The summed E-state index contributed by atoms with van der Waals surface area (Å²) in [5.74, 6) is 0.666. The zero-order valence-corrected chi connectivity index (χ0v) is 14.9. The van der Waals surface area contributed by atoms with Crippen LogP contribution < -0.4 is 5.32 Å². The molecule has 1 aromatic carbocycles. The second-order valence-corrected chi connectivity index (χ2v) is 7.75. The molecule has 0 bridgehead atoms. The highest BCUT2D eigenvalue weighted by Crippen LogP contribution is 2.30. The summed E-state index contributed by atoms with van der Waals surface area (Å²) in [7, 11) is 2.03. The lowest BCUT2D eigenvalue weighted by Crippen LogP contribution is -2.33. The van der Waals surface area contributed by atoms with Crippen molar-refractivity contribution in [3.05, 3.63) is 33.3 Å². The molecule has 0 heterocycles. The molecule has 0 saturated carbocycles. The molecular formula is C16H25BrClN. The second-order valence-electron chi connectivity index (χ2n) is 6.43. The van der Waals surface area contributed by atoms with Gasteiger partial charge in [0.1, 0.15) is 0 Å². The van der Waals surface area contributed by atoms with Gasteiger partial charge in [-0.15, -0.1) is 0 Å². The Morgan fingerprint density at radius 2 is 1.95 bits per heavy atom. The smallest absolute Gasteiger partial charge is 0.0449 e. The van der Waals surface area contributed by atoms with Crippen molar-refractivity contribution in [3.63, 3.8) is 0 Å². The highest BCUT2D eigenvalue weighted by molar-refractivity contribution is 9.10. The molecule has 2 atom stereocenters. The Morgan fingerprint density at radius 3 is 2.42 bits per heavy atom. The van der Waals surface area contributed by atoms with Gasteiger partial charge in [-0.2, -0.15) is 0 Å². The minimum Gasteiger partial charge on any atom is -0.317 e. The predicted octanol–water partition coefficient (Wildman–Crippen LogP) is 5.31. The van der Waals surface area contributed by atoms with E-state index in [1.54, 1.807) is 0 Å². The Labute approximate surface area is 131 Å². The topological polar surface area (TPSA) is 12.0 Å². The molecule has 108 valence electrons. The van der Waals surface area contributed by atoms with Crippen molar-refractivity contribution in [2.45, 2.75) is 46.6 Å². The molecule has 3 heteroatoms. The Kier molecular flexibility index (Phi) is 6.35. The van der Waals surface area contributed by atoms with E-state index in [2.05, 4.69) is 61.1 Å². The Morgan fingerprint density at radius 1 is 1.32 bits per heavy atom. The third-order valence-corrected chi connectivity index (χ3v) is 4.85. The van der Waals surface area contributed by atoms with Gasteiger partial charge in [0.2, 0.25) is 0 Å². The lowest BCUT2D eigenvalue weighted by molar-refractivity contribution is 0.225. The maximum Gasteiger partial charge on any atom is 0.0449 e. The van der Waals surface area contributed by atoms with Gasteiger partial charge in [0.05, 0.1) is 0 Å². The Bertz CT molecular complexity index is 412. The molecule has 1 nitrogen and oxygen atoms in total. The highest BCUT2D eigenvalue weighted by atomic mass is 79.9. The fraction of sp³-hybridized carbons (Fsp3) is 0.625. The van der Waals surface area contributed by atoms with Crippen LogP contribution in [0, 0.1) is 11.3 Å². The number of hydrogen-bond acceptors (Lipinski definition) is 1. The van der Waals surface area contributed by atoms with E-state index in [1.165, 1.54) is 5.56 Å². The quantitative estimate of drug-likeness (QED) is 0.762. The van der Waals surface area contributed by atoms with Gasteiger partial charge in [0.15, 0.2) is 0 Å². The molecule has 0 aliphatic carbocycles. The first-order chi connectivity index (χ1) is 8.74. The largest absolute Gasteiger partial charge is 0.317 e. The molecule has 0 radical (unpaired) electrons. The summed E-state index contributed by atoms with van der Waals surface area (Å²) in [4.78, 5) is 0. The van der Waals surface area contributed by atoms with Crippen molar-refractivity contribution in [2.24, 2.45) is 11.3 Å². The molecule has 0 aromatic heterocycles. The third kappa shape index (κ3) is 5.45. The third-order valence-electron chi connectivity index (χ3n) is 4.01. The molecular weight excluding hydrogens is 322 g/mol. The second kappa shape index (κ2) is 7.10. The molecule has 0 aliphatic rings. The Hall–Kier alpha value is -0.0500. The molecule has 0 amide bonds. The first kappa shape index (κ1) is 17.0. The van der Waals surface area contributed by atoms with E-state index in [1.807, 2.05) is 13.1 Å². The molecule has 0 fully saturated rings. The van der Waals surface area contributed by atoms with E-state index in [4.69, 9.17) is 11.6 Å². The number of benzene rings is 1. The van der Waals surface area contributed by atoms with E-state index in [0.717, 1.165) is 22.3 Å². The molecule has 0 aliphatic heterocycles. The van der Waals surface area contributed by atoms with Crippen LogP contribution in [0.1, 0.15) is 39.7 Å². The van der Waals surface area contributed by atoms with E-state index in [-0.39, 0.29) is 0 Å². The van der Waals surface area contributed by atoms with Crippen LogP contribution in [-0.2, 0) is 6.42 Å². The molecule has 1 N–H and O–H groups in total. The summed E-state index contributed by atoms with van der Waals surface area (Å²) in [6, 6.07) is 6.60. The first-order valence-electron chi connectivity index (χ1n) is 6.85. The minimum absolute atomic E-state index is 0.346. The Balaban J connectivity index is 2.72. The van der Waals surface area contributed by atoms with Crippen LogP contribution >= 0.6 is 27.5 Å². The van der Waals surface area contributed by atoms with Crippen LogP contribution in [0.25, 0.3) is 0 Å². The van der Waals surface area contributed by atoms with Crippen molar-refractivity contribution in [1.29, 1.82) is 0 Å². The predicted molar refractivity (Wildman–Crippen MR) is 88.9 cm³/mol. The molecule has 19 heavy (non-hydrogen) atoms. The maximum atomic E-state index is 6.30. The summed E-state index contributed by atoms with van der Waals surface area (Å²) in [5, 5.41) is 4.27. The highest BCUT2D eigenvalue weighted by Gasteiger charge is 2.23.